The SMILES string of the molecule is Cc1cc(C)c2c3c(C)cc(C)cc3n(-c3ccc(C(C)(C)c4ccc(C(C)(C)c5ccc(-n6c7cc(C)cc(C)c7c7c(C)cc(C)cc76)cc5)cc4)cc3)c2c1. The van der Waals surface area contributed by atoms with E-state index in [4.69, 9.17) is 0 Å². The molecule has 0 atom stereocenters. The van der Waals surface area contributed by atoms with Gasteiger partial charge in [0.1, 0.15) is 0 Å². The fraction of sp³-hybridized carbons (Fsp3) is 0.250. The molecule has 0 aliphatic carbocycles. The molecule has 2 heteroatoms. The van der Waals surface area contributed by atoms with Gasteiger partial charge in [0.15, 0.2) is 0 Å². The molecule has 0 aliphatic rings. The Kier molecular flexibility index (Phi) is 8.68. The first-order chi connectivity index (χ1) is 27.5. The average molecular weight is 757 g/mol. The fourth-order valence-electron chi connectivity index (χ4n) is 10.3. The van der Waals surface area contributed by atoms with Crippen molar-refractivity contribution in [2.75, 3.05) is 0 Å². The van der Waals surface area contributed by atoms with Crippen LogP contribution in [0.15, 0.2) is 121 Å². The zero-order valence-electron chi connectivity index (χ0n) is 36.4. The topological polar surface area (TPSA) is 9.86 Å². The number of hydrogen-bond acceptors (Lipinski definition) is 0. The summed E-state index contributed by atoms with van der Waals surface area (Å²) in [5.41, 5.74) is 22.9. The summed E-state index contributed by atoms with van der Waals surface area (Å²) in [5, 5.41) is 5.44. The zero-order chi connectivity index (χ0) is 41.0. The molecule has 0 saturated carbocycles. The van der Waals surface area contributed by atoms with Gasteiger partial charge in [0, 0.05) is 43.7 Å². The van der Waals surface area contributed by atoms with Crippen LogP contribution in [0.4, 0.5) is 0 Å². The van der Waals surface area contributed by atoms with Gasteiger partial charge < -0.3 is 9.13 Å². The van der Waals surface area contributed by atoms with E-state index in [1.54, 1.807) is 0 Å². The van der Waals surface area contributed by atoms with Crippen LogP contribution in [0, 0.1) is 55.4 Å². The second-order valence-corrected chi connectivity index (χ2v) is 18.5. The molecule has 0 N–H and O–H groups in total. The molecule has 2 nitrogen and oxygen atoms in total. The van der Waals surface area contributed by atoms with Crippen LogP contribution in [0.3, 0.4) is 0 Å². The van der Waals surface area contributed by atoms with E-state index in [0.29, 0.717) is 0 Å². The molecule has 290 valence electrons. The lowest BCUT2D eigenvalue weighted by Crippen LogP contribution is -2.21. The number of rotatable bonds is 6. The Morgan fingerprint density at radius 3 is 0.724 bits per heavy atom. The van der Waals surface area contributed by atoms with Gasteiger partial charge in [0.2, 0.25) is 0 Å². The average Bonchev–Trinajstić information content (AvgIpc) is 3.68. The van der Waals surface area contributed by atoms with Crippen molar-refractivity contribution in [2.45, 2.75) is 93.9 Å². The normalized spacial score (nSPS) is 12.5. The molecular formula is C56H56N2. The Labute approximate surface area is 344 Å². The summed E-state index contributed by atoms with van der Waals surface area (Å²) in [5.74, 6) is 0. The molecular weight excluding hydrogens is 701 g/mol. The van der Waals surface area contributed by atoms with E-state index in [1.165, 1.54) is 122 Å². The van der Waals surface area contributed by atoms with Crippen molar-refractivity contribution >= 4 is 43.6 Å². The van der Waals surface area contributed by atoms with E-state index < -0.39 is 0 Å². The monoisotopic (exact) mass is 756 g/mol. The Balaban J connectivity index is 1.03. The molecule has 0 radical (unpaired) electrons. The summed E-state index contributed by atoms with van der Waals surface area (Å²) in [4.78, 5) is 0. The highest BCUT2D eigenvalue weighted by Crippen LogP contribution is 2.41. The molecule has 0 amide bonds. The molecule has 0 aliphatic heterocycles. The number of hydrogen-bond donors (Lipinski definition) is 0. The van der Waals surface area contributed by atoms with Crippen LogP contribution < -0.4 is 0 Å². The third kappa shape index (κ3) is 5.83. The molecule has 0 saturated heterocycles. The molecule has 0 bridgehead atoms. The number of nitrogens with zero attached hydrogens (tertiary/aromatic N) is 2. The van der Waals surface area contributed by atoms with Crippen molar-refractivity contribution in [1.29, 1.82) is 0 Å². The van der Waals surface area contributed by atoms with Crippen LogP contribution in [0.5, 0.6) is 0 Å². The molecule has 58 heavy (non-hydrogen) atoms. The summed E-state index contributed by atoms with van der Waals surface area (Å²) in [6.07, 6.45) is 0. The highest BCUT2D eigenvalue weighted by Gasteiger charge is 2.28. The van der Waals surface area contributed by atoms with E-state index in [-0.39, 0.29) is 10.8 Å². The quantitative estimate of drug-likeness (QED) is 0.160. The molecule has 2 heterocycles. The van der Waals surface area contributed by atoms with Gasteiger partial charge in [-0.1, -0.05) is 100 Å². The van der Waals surface area contributed by atoms with Crippen molar-refractivity contribution in [3.63, 3.8) is 0 Å². The van der Waals surface area contributed by atoms with Gasteiger partial charge in [-0.15, -0.1) is 0 Å². The summed E-state index contributed by atoms with van der Waals surface area (Å²) >= 11 is 0. The molecule has 9 rings (SSSR count). The van der Waals surface area contributed by atoms with Gasteiger partial charge in [0.25, 0.3) is 0 Å². The van der Waals surface area contributed by atoms with Gasteiger partial charge in [-0.2, -0.15) is 0 Å². The summed E-state index contributed by atoms with van der Waals surface area (Å²) in [7, 11) is 0. The number of fused-ring (bicyclic) bond motifs is 6. The minimum absolute atomic E-state index is 0.167. The molecule has 0 spiro atoms. The van der Waals surface area contributed by atoms with Crippen molar-refractivity contribution in [2.24, 2.45) is 0 Å². The van der Waals surface area contributed by atoms with Crippen LogP contribution in [-0.4, -0.2) is 9.13 Å². The van der Waals surface area contributed by atoms with Crippen LogP contribution >= 0.6 is 0 Å². The third-order valence-corrected chi connectivity index (χ3v) is 13.3. The highest BCUT2D eigenvalue weighted by atomic mass is 15.0. The molecule has 2 aromatic heterocycles. The van der Waals surface area contributed by atoms with E-state index in [2.05, 4.69) is 214 Å². The van der Waals surface area contributed by atoms with Crippen LogP contribution in [0.1, 0.15) is 94.5 Å². The maximum Gasteiger partial charge on any atom is 0.0546 e. The molecule has 7 aromatic carbocycles. The number of aryl methyl sites for hydroxylation is 8. The largest absolute Gasteiger partial charge is 0.309 e. The van der Waals surface area contributed by atoms with Gasteiger partial charge in [-0.05, 0) is 171 Å². The van der Waals surface area contributed by atoms with Crippen LogP contribution in [0.2, 0.25) is 0 Å². The predicted octanol–water partition coefficient (Wildman–Crippen LogP) is 15.0. The Bertz CT molecular complexity index is 2740. The lowest BCUT2D eigenvalue weighted by molar-refractivity contribution is 0.626. The highest BCUT2D eigenvalue weighted by molar-refractivity contribution is 6.13. The summed E-state index contributed by atoms with van der Waals surface area (Å²) in [6.45, 7) is 27.2. The number of aromatic nitrogens is 2. The second-order valence-electron chi connectivity index (χ2n) is 18.5. The Morgan fingerprint density at radius 1 is 0.293 bits per heavy atom. The minimum atomic E-state index is -0.167. The van der Waals surface area contributed by atoms with Crippen molar-refractivity contribution in [3.05, 3.63) is 188 Å². The molecule has 0 unspecified atom stereocenters. The van der Waals surface area contributed by atoms with Gasteiger partial charge in [-0.25, -0.2) is 0 Å². The van der Waals surface area contributed by atoms with E-state index in [1.807, 2.05) is 0 Å². The van der Waals surface area contributed by atoms with Crippen molar-refractivity contribution in [3.8, 4) is 11.4 Å². The smallest absolute Gasteiger partial charge is 0.0546 e. The van der Waals surface area contributed by atoms with E-state index >= 15 is 0 Å². The first-order valence-electron chi connectivity index (χ1n) is 20.9. The lowest BCUT2D eigenvalue weighted by atomic mass is 9.74. The van der Waals surface area contributed by atoms with E-state index in [0.717, 1.165) is 0 Å². The Morgan fingerprint density at radius 2 is 0.500 bits per heavy atom. The zero-order valence-corrected chi connectivity index (χ0v) is 36.4. The Hall–Kier alpha value is -5.86. The van der Waals surface area contributed by atoms with Gasteiger partial charge in [0.05, 0.1) is 22.1 Å². The lowest BCUT2D eigenvalue weighted by Gasteiger charge is -2.30. The standard InChI is InChI=1S/C56H56N2/c1-33-25-37(5)51-47(29-33)57(48-30-34(2)26-38(6)52(48)51)45-21-17-43(18-22-45)55(9,10)41-13-15-42(16-14-41)56(11,12)44-19-23-46(24-20-44)58-49-31-35(3)27-39(7)53(49)54-40(8)28-36(4)32-50(54)58/h13-32H,1-12H3. The summed E-state index contributed by atoms with van der Waals surface area (Å²) < 4.78 is 4.94. The van der Waals surface area contributed by atoms with Crippen molar-refractivity contribution < 1.29 is 0 Å². The number of benzene rings is 7. The van der Waals surface area contributed by atoms with Crippen molar-refractivity contribution in [1.82, 2.24) is 9.13 Å². The maximum atomic E-state index is 2.47. The first-order valence-corrected chi connectivity index (χ1v) is 20.9. The van der Waals surface area contributed by atoms with Gasteiger partial charge >= 0.3 is 0 Å². The molecule has 9 aromatic rings. The van der Waals surface area contributed by atoms with Gasteiger partial charge in [-0.3, -0.25) is 0 Å². The third-order valence-electron chi connectivity index (χ3n) is 13.3. The maximum absolute atomic E-state index is 2.47. The summed E-state index contributed by atoms with van der Waals surface area (Å²) in [6, 6.07) is 46.6. The first kappa shape index (κ1) is 37.7. The fourth-order valence-corrected chi connectivity index (χ4v) is 10.3. The van der Waals surface area contributed by atoms with E-state index in [9.17, 15) is 0 Å². The second kappa shape index (κ2) is 13.3. The predicted molar refractivity (Wildman–Crippen MR) is 250 cm³/mol. The van der Waals surface area contributed by atoms with Crippen LogP contribution in [-0.2, 0) is 10.8 Å². The molecule has 0 fully saturated rings. The minimum Gasteiger partial charge on any atom is -0.309 e. The van der Waals surface area contributed by atoms with Crippen LogP contribution in [0.25, 0.3) is 55.0 Å².